The number of benzene rings is 1. The van der Waals surface area contributed by atoms with Crippen LogP contribution in [0.25, 0.3) is 0 Å². The molecule has 1 amide bonds. The van der Waals surface area contributed by atoms with Gasteiger partial charge in [-0.1, -0.05) is 6.07 Å². The molecule has 0 bridgehead atoms. The van der Waals surface area contributed by atoms with Crippen molar-refractivity contribution in [3.05, 3.63) is 35.4 Å². The molecule has 1 N–H and O–H groups in total. The van der Waals surface area contributed by atoms with Gasteiger partial charge < -0.3 is 10.1 Å². The highest BCUT2D eigenvalue weighted by Crippen LogP contribution is 2.11. The minimum absolute atomic E-state index is 0.411. The van der Waals surface area contributed by atoms with Crippen molar-refractivity contribution in [2.45, 2.75) is 26.4 Å². The number of nitrogens with one attached hydrogen (secondary N) is 1. The molecule has 0 fully saturated rings. The predicted octanol–water partition coefficient (Wildman–Crippen LogP) is 2.04. The summed E-state index contributed by atoms with van der Waals surface area (Å²) in [4.78, 5) is 22.9. The van der Waals surface area contributed by atoms with Gasteiger partial charge in [-0.25, -0.2) is 8.78 Å². The number of hydrogen-bond donors (Lipinski definition) is 1. The molecule has 0 aromatic heterocycles. The Morgan fingerprint density at radius 2 is 1.89 bits per heavy atom. The number of ether oxygens (including phenoxy) is 1. The maximum Gasteiger partial charge on any atom is 0.325 e. The smallest absolute Gasteiger partial charge is 0.325 e. The predicted molar refractivity (Wildman–Crippen MR) is 64.5 cm³/mol. The number of rotatable bonds is 3. The molecule has 1 aromatic carbocycles. The van der Waals surface area contributed by atoms with E-state index in [0.29, 0.717) is 0 Å². The normalized spacial score (nSPS) is 11.0. The summed E-state index contributed by atoms with van der Waals surface area (Å²) in [6.45, 7) is 4.63. The highest BCUT2D eigenvalue weighted by atomic mass is 19.2. The number of halogens is 2. The minimum atomic E-state index is -1.25. The van der Waals surface area contributed by atoms with Gasteiger partial charge in [-0.05, 0) is 32.9 Å². The van der Waals surface area contributed by atoms with Crippen molar-refractivity contribution < 1.29 is 23.1 Å². The Morgan fingerprint density at radius 3 is 2.47 bits per heavy atom. The Hall–Kier alpha value is -1.98. The summed E-state index contributed by atoms with van der Waals surface area (Å²) in [5.74, 6) is -3.89. The third-order valence-corrected chi connectivity index (χ3v) is 2.01. The SMILES string of the molecule is CC(C)(C)OC(=O)CNC(=O)c1cccc(F)c1F. The molecule has 4 nitrogen and oxygen atoms in total. The van der Waals surface area contributed by atoms with Crippen LogP contribution in [0.1, 0.15) is 31.1 Å². The van der Waals surface area contributed by atoms with Crippen molar-refractivity contribution in [1.82, 2.24) is 5.32 Å². The molecule has 1 rings (SSSR count). The first kappa shape index (κ1) is 15.1. The first-order chi connectivity index (χ1) is 8.70. The molecular formula is C13H15F2NO3. The van der Waals surface area contributed by atoms with Crippen molar-refractivity contribution in [1.29, 1.82) is 0 Å². The Labute approximate surface area is 109 Å². The lowest BCUT2D eigenvalue weighted by molar-refractivity contribution is -0.153. The van der Waals surface area contributed by atoms with Crippen LogP contribution in [0.4, 0.5) is 8.78 Å². The van der Waals surface area contributed by atoms with Gasteiger partial charge >= 0.3 is 5.97 Å². The van der Waals surface area contributed by atoms with Gasteiger partial charge in [-0.3, -0.25) is 9.59 Å². The fourth-order valence-electron chi connectivity index (χ4n) is 1.30. The quantitative estimate of drug-likeness (QED) is 0.856. The van der Waals surface area contributed by atoms with E-state index in [2.05, 4.69) is 5.32 Å². The molecule has 0 saturated carbocycles. The van der Waals surface area contributed by atoms with Gasteiger partial charge in [0.2, 0.25) is 0 Å². The van der Waals surface area contributed by atoms with Gasteiger partial charge in [0, 0.05) is 0 Å². The maximum absolute atomic E-state index is 13.3. The number of carbonyl (C=O) groups is 2. The summed E-state index contributed by atoms with van der Waals surface area (Å²) in [6.07, 6.45) is 0. The number of carbonyl (C=O) groups excluding carboxylic acids is 2. The number of amides is 1. The third kappa shape index (κ3) is 4.65. The summed E-state index contributed by atoms with van der Waals surface area (Å²) < 4.78 is 31.2. The summed E-state index contributed by atoms with van der Waals surface area (Å²) >= 11 is 0. The van der Waals surface area contributed by atoms with E-state index in [1.165, 1.54) is 6.07 Å². The molecule has 0 aliphatic rings. The minimum Gasteiger partial charge on any atom is -0.459 e. The second-order valence-electron chi connectivity index (χ2n) is 4.87. The van der Waals surface area contributed by atoms with Crippen molar-refractivity contribution in [3.8, 4) is 0 Å². The second-order valence-corrected chi connectivity index (χ2v) is 4.87. The Balaban J connectivity index is 2.61. The van der Waals surface area contributed by atoms with Crippen molar-refractivity contribution in [3.63, 3.8) is 0 Å². The number of esters is 1. The molecule has 0 unspecified atom stereocenters. The molecule has 0 saturated heterocycles. The topological polar surface area (TPSA) is 55.4 Å². The molecule has 1 aromatic rings. The molecular weight excluding hydrogens is 256 g/mol. The maximum atomic E-state index is 13.3. The van der Waals surface area contributed by atoms with Crippen LogP contribution >= 0.6 is 0 Å². The first-order valence-corrected chi connectivity index (χ1v) is 5.65. The van der Waals surface area contributed by atoms with Crippen molar-refractivity contribution in [2.75, 3.05) is 6.54 Å². The van der Waals surface area contributed by atoms with Crippen LogP contribution in [0.3, 0.4) is 0 Å². The highest BCUT2D eigenvalue weighted by molar-refractivity contribution is 5.96. The standard InChI is InChI=1S/C13H15F2NO3/c1-13(2,3)19-10(17)7-16-12(18)8-5-4-6-9(14)11(8)15/h4-6H,7H2,1-3H3,(H,16,18). The first-order valence-electron chi connectivity index (χ1n) is 5.65. The Bertz CT molecular complexity index is 495. The Morgan fingerprint density at radius 1 is 1.26 bits per heavy atom. The van der Waals surface area contributed by atoms with Crippen LogP contribution in [-0.4, -0.2) is 24.0 Å². The van der Waals surface area contributed by atoms with Crippen LogP contribution in [0, 0.1) is 11.6 Å². The second kappa shape index (κ2) is 5.77. The Kier molecular flexibility index (Phi) is 4.58. The summed E-state index contributed by atoms with van der Waals surface area (Å²) in [5, 5.41) is 2.17. The molecule has 6 heteroatoms. The van der Waals surface area contributed by atoms with Crippen LogP contribution < -0.4 is 5.32 Å². The summed E-state index contributed by atoms with van der Waals surface area (Å²) in [6, 6.07) is 3.24. The highest BCUT2D eigenvalue weighted by Gasteiger charge is 2.19. The average molecular weight is 271 g/mol. The zero-order chi connectivity index (χ0) is 14.6. The molecule has 104 valence electrons. The summed E-state index contributed by atoms with van der Waals surface area (Å²) in [7, 11) is 0. The monoisotopic (exact) mass is 271 g/mol. The zero-order valence-electron chi connectivity index (χ0n) is 10.9. The third-order valence-electron chi connectivity index (χ3n) is 2.01. The lowest BCUT2D eigenvalue weighted by Crippen LogP contribution is -2.35. The molecule has 0 spiro atoms. The van der Waals surface area contributed by atoms with Crippen LogP contribution in [-0.2, 0) is 9.53 Å². The van der Waals surface area contributed by atoms with E-state index >= 15 is 0 Å². The molecule has 19 heavy (non-hydrogen) atoms. The van der Waals surface area contributed by atoms with E-state index < -0.39 is 41.2 Å². The molecule has 0 aliphatic heterocycles. The van der Waals surface area contributed by atoms with Crippen molar-refractivity contribution in [2.24, 2.45) is 0 Å². The van der Waals surface area contributed by atoms with E-state index in [-0.39, 0.29) is 0 Å². The lowest BCUT2D eigenvalue weighted by Gasteiger charge is -2.19. The summed E-state index contributed by atoms with van der Waals surface area (Å²) in [5.41, 5.74) is -1.13. The van der Waals surface area contributed by atoms with Gasteiger partial charge in [0.25, 0.3) is 5.91 Å². The van der Waals surface area contributed by atoms with Gasteiger partial charge in [-0.2, -0.15) is 0 Å². The molecule has 0 radical (unpaired) electrons. The number of hydrogen-bond acceptors (Lipinski definition) is 3. The van der Waals surface area contributed by atoms with Gasteiger partial charge in [0.15, 0.2) is 11.6 Å². The van der Waals surface area contributed by atoms with Crippen LogP contribution in [0.15, 0.2) is 18.2 Å². The molecule has 0 heterocycles. The fraction of sp³-hybridized carbons (Fsp3) is 0.385. The lowest BCUT2D eigenvalue weighted by atomic mass is 10.2. The molecule has 0 aliphatic carbocycles. The van der Waals surface area contributed by atoms with Gasteiger partial charge in [0.05, 0.1) is 5.56 Å². The van der Waals surface area contributed by atoms with Crippen LogP contribution in [0.2, 0.25) is 0 Å². The van der Waals surface area contributed by atoms with Gasteiger partial charge in [0.1, 0.15) is 12.1 Å². The van der Waals surface area contributed by atoms with E-state index in [1.54, 1.807) is 20.8 Å². The average Bonchev–Trinajstić information content (AvgIpc) is 2.27. The van der Waals surface area contributed by atoms with Crippen LogP contribution in [0.5, 0.6) is 0 Å². The van der Waals surface area contributed by atoms with E-state index in [4.69, 9.17) is 4.74 Å². The van der Waals surface area contributed by atoms with Crippen molar-refractivity contribution >= 4 is 11.9 Å². The van der Waals surface area contributed by atoms with E-state index in [0.717, 1.165) is 12.1 Å². The van der Waals surface area contributed by atoms with E-state index in [9.17, 15) is 18.4 Å². The molecule has 0 atom stereocenters. The zero-order valence-corrected chi connectivity index (χ0v) is 10.9. The fourth-order valence-corrected chi connectivity index (χ4v) is 1.30. The van der Waals surface area contributed by atoms with Gasteiger partial charge in [-0.15, -0.1) is 0 Å². The largest absolute Gasteiger partial charge is 0.459 e. The van der Waals surface area contributed by atoms with E-state index in [1.807, 2.05) is 0 Å².